The quantitative estimate of drug-likeness (QED) is 0.433. The highest BCUT2D eigenvalue weighted by molar-refractivity contribution is 7.07. The number of ether oxygens (including phenoxy) is 1. The summed E-state index contributed by atoms with van der Waals surface area (Å²) in [6.45, 7) is 6.16. The zero-order chi connectivity index (χ0) is 21.0. The fraction of sp³-hybridized carbons (Fsp3) is 0.250. The largest absolute Gasteiger partial charge is 0.454 e. The summed E-state index contributed by atoms with van der Waals surface area (Å²) >= 11 is 1.57. The van der Waals surface area contributed by atoms with Gasteiger partial charge in [0.1, 0.15) is 11.3 Å². The van der Waals surface area contributed by atoms with Crippen LogP contribution in [0, 0.1) is 0 Å². The van der Waals surface area contributed by atoms with Crippen molar-refractivity contribution in [2.75, 3.05) is 37.7 Å². The number of rotatable bonds is 5. The first kappa shape index (κ1) is 19.8. The van der Waals surface area contributed by atoms with E-state index in [0.29, 0.717) is 6.54 Å². The number of fused-ring (bicyclic) bond motifs is 1. The molecule has 0 bridgehead atoms. The second-order valence-corrected chi connectivity index (χ2v) is 8.11. The van der Waals surface area contributed by atoms with Gasteiger partial charge in [-0.25, -0.2) is 4.68 Å². The molecule has 7 heteroatoms. The zero-order valence-corrected chi connectivity index (χ0v) is 18.2. The predicted molar refractivity (Wildman–Crippen MR) is 126 cm³/mol. The van der Waals surface area contributed by atoms with Crippen LogP contribution in [0.25, 0.3) is 22.4 Å². The molecule has 158 valence electrons. The normalized spacial score (nSPS) is 15.4. The molecule has 0 amide bonds. The minimum absolute atomic E-state index is 0.698. The van der Waals surface area contributed by atoms with Gasteiger partial charge in [-0.05, 0) is 36.8 Å². The van der Waals surface area contributed by atoms with Crippen molar-refractivity contribution in [1.82, 2.24) is 4.68 Å². The average Bonchev–Trinajstić information content (AvgIpc) is 3.42. The molecule has 6 nitrogen and oxygen atoms in total. The molecule has 0 atom stereocenters. The van der Waals surface area contributed by atoms with Crippen molar-refractivity contribution < 1.29 is 9.15 Å². The van der Waals surface area contributed by atoms with E-state index in [-0.39, 0.29) is 0 Å². The maximum atomic E-state index is 6.08. The van der Waals surface area contributed by atoms with Gasteiger partial charge in [-0.15, -0.1) is 11.3 Å². The number of hydrogen-bond donors (Lipinski definition) is 0. The van der Waals surface area contributed by atoms with Gasteiger partial charge in [0.25, 0.3) is 0 Å². The minimum atomic E-state index is 0.698. The van der Waals surface area contributed by atoms with Crippen LogP contribution in [-0.4, -0.2) is 43.7 Å². The number of anilines is 1. The second-order valence-electron chi connectivity index (χ2n) is 7.27. The van der Waals surface area contributed by atoms with Gasteiger partial charge in [0.05, 0.1) is 19.4 Å². The van der Waals surface area contributed by atoms with Crippen molar-refractivity contribution in [3.05, 3.63) is 70.3 Å². The van der Waals surface area contributed by atoms with Crippen molar-refractivity contribution in [2.45, 2.75) is 6.92 Å². The number of benzene rings is 2. The Morgan fingerprint density at radius 2 is 1.87 bits per heavy atom. The van der Waals surface area contributed by atoms with E-state index in [1.54, 1.807) is 11.3 Å². The summed E-state index contributed by atoms with van der Waals surface area (Å²) in [6.07, 6.45) is 1.87. The summed E-state index contributed by atoms with van der Waals surface area (Å²) in [5.74, 6) is 0.787. The van der Waals surface area contributed by atoms with Gasteiger partial charge in [0.2, 0.25) is 4.80 Å². The summed E-state index contributed by atoms with van der Waals surface area (Å²) in [4.78, 5) is 7.79. The van der Waals surface area contributed by atoms with E-state index >= 15 is 0 Å². The second kappa shape index (κ2) is 8.91. The Morgan fingerprint density at radius 3 is 2.65 bits per heavy atom. The highest BCUT2D eigenvalue weighted by Gasteiger charge is 2.13. The van der Waals surface area contributed by atoms with Gasteiger partial charge >= 0.3 is 0 Å². The van der Waals surface area contributed by atoms with Crippen molar-refractivity contribution in [3.8, 4) is 11.5 Å². The molecule has 0 radical (unpaired) electrons. The fourth-order valence-electron chi connectivity index (χ4n) is 3.65. The lowest BCUT2D eigenvalue weighted by Gasteiger charge is -2.28. The van der Waals surface area contributed by atoms with Crippen LogP contribution < -0.4 is 9.70 Å². The smallest absolute Gasteiger partial charge is 0.206 e. The van der Waals surface area contributed by atoms with Crippen LogP contribution in [0.4, 0.5) is 5.69 Å². The summed E-state index contributed by atoms with van der Waals surface area (Å²) in [5.41, 5.74) is 4.02. The number of para-hydroxylation sites is 1. The summed E-state index contributed by atoms with van der Waals surface area (Å²) in [6, 6.07) is 18.5. The topological polar surface area (TPSA) is 55.3 Å². The lowest BCUT2D eigenvalue weighted by molar-refractivity contribution is 0.122. The Morgan fingerprint density at radius 1 is 1.06 bits per heavy atom. The monoisotopic (exact) mass is 432 g/mol. The van der Waals surface area contributed by atoms with Crippen molar-refractivity contribution in [2.24, 2.45) is 10.1 Å². The minimum Gasteiger partial charge on any atom is -0.454 e. The standard InChI is InChI=1S/C24H24N4O2S/c1-2-25-24-28(21(17-31-24)23-15-19-5-3-4-6-22(19)30-23)26-16-18-7-9-20(10-8-18)27-11-13-29-14-12-27/h3-10,15-17H,2,11-14H2,1H3. The van der Waals surface area contributed by atoms with E-state index in [4.69, 9.17) is 14.3 Å². The van der Waals surface area contributed by atoms with Gasteiger partial charge in [-0.2, -0.15) is 5.10 Å². The molecule has 0 N–H and O–H groups in total. The molecule has 0 saturated carbocycles. The van der Waals surface area contributed by atoms with E-state index in [1.807, 2.05) is 41.4 Å². The Balaban J connectivity index is 1.46. The third-order valence-electron chi connectivity index (χ3n) is 5.25. The molecule has 1 aliphatic rings. The Hall–Kier alpha value is -3.16. The molecule has 31 heavy (non-hydrogen) atoms. The highest BCUT2D eigenvalue weighted by Crippen LogP contribution is 2.28. The Kier molecular flexibility index (Phi) is 5.69. The zero-order valence-electron chi connectivity index (χ0n) is 17.4. The molecule has 4 aromatic rings. The van der Waals surface area contributed by atoms with Crippen molar-refractivity contribution in [3.63, 3.8) is 0 Å². The van der Waals surface area contributed by atoms with E-state index in [9.17, 15) is 0 Å². The molecule has 2 aromatic carbocycles. The van der Waals surface area contributed by atoms with Gasteiger partial charge in [0.15, 0.2) is 5.76 Å². The summed E-state index contributed by atoms with van der Waals surface area (Å²) < 4.78 is 13.4. The molecular formula is C24H24N4O2S. The summed E-state index contributed by atoms with van der Waals surface area (Å²) in [7, 11) is 0. The van der Waals surface area contributed by atoms with E-state index in [2.05, 4.69) is 46.3 Å². The number of aromatic nitrogens is 1. The van der Waals surface area contributed by atoms with Crippen LogP contribution in [0.2, 0.25) is 0 Å². The van der Waals surface area contributed by atoms with Crippen LogP contribution in [0.1, 0.15) is 12.5 Å². The molecule has 0 aliphatic carbocycles. The molecular weight excluding hydrogens is 408 g/mol. The number of nitrogens with zero attached hydrogens (tertiary/aromatic N) is 4. The maximum absolute atomic E-state index is 6.08. The van der Waals surface area contributed by atoms with E-state index in [1.165, 1.54) is 5.69 Å². The van der Waals surface area contributed by atoms with Gasteiger partial charge in [-0.3, -0.25) is 4.99 Å². The van der Waals surface area contributed by atoms with Gasteiger partial charge in [-0.1, -0.05) is 30.3 Å². The SMILES string of the molecule is CCN=c1scc(-c2cc3ccccc3o2)n1N=Cc1ccc(N2CCOCC2)cc1. The van der Waals surface area contributed by atoms with E-state index < -0.39 is 0 Å². The predicted octanol–water partition coefficient (Wildman–Crippen LogP) is 4.60. The number of hydrogen-bond acceptors (Lipinski definition) is 6. The first-order chi connectivity index (χ1) is 15.3. The third kappa shape index (κ3) is 4.19. The number of thiazole rings is 1. The van der Waals surface area contributed by atoms with Gasteiger partial charge < -0.3 is 14.1 Å². The van der Waals surface area contributed by atoms with Crippen LogP contribution in [0.5, 0.6) is 0 Å². The molecule has 1 fully saturated rings. The van der Waals surface area contributed by atoms with Crippen molar-refractivity contribution in [1.29, 1.82) is 0 Å². The highest BCUT2D eigenvalue weighted by atomic mass is 32.1. The molecule has 0 spiro atoms. The average molecular weight is 433 g/mol. The maximum Gasteiger partial charge on any atom is 0.206 e. The number of morpholine rings is 1. The number of furan rings is 1. The lowest BCUT2D eigenvalue weighted by atomic mass is 10.2. The van der Waals surface area contributed by atoms with Crippen molar-refractivity contribution >= 4 is 34.2 Å². The van der Waals surface area contributed by atoms with Crippen LogP contribution in [-0.2, 0) is 4.74 Å². The third-order valence-corrected chi connectivity index (χ3v) is 6.10. The molecule has 0 unspecified atom stereocenters. The van der Waals surface area contributed by atoms with Crippen LogP contribution in [0.15, 0.2) is 74.5 Å². The summed E-state index contributed by atoms with van der Waals surface area (Å²) in [5, 5.41) is 7.88. The van der Waals surface area contributed by atoms with Gasteiger partial charge in [0, 0.05) is 36.1 Å². The molecule has 5 rings (SSSR count). The first-order valence-corrected chi connectivity index (χ1v) is 11.4. The Labute approximate surface area is 184 Å². The Bertz CT molecular complexity index is 1230. The lowest BCUT2D eigenvalue weighted by Crippen LogP contribution is -2.36. The fourth-order valence-corrected chi connectivity index (χ4v) is 4.53. The molecule has 1 saturated heterocycles. The molecule has 3 heterocycles. The molecule has 1 aliphatic heterocycles. The van der Waals surface area contributed by atoms with Crippen LogP contribution in [0.3, 0.4) is 0 Å². The molecule has 2 aromatic heterocycles. The van der Waals surface area contributed by atoms with E-state index in [0.717, 1.165) is 59.1 Å². The van der Waals surface area contributed by atoms with Crippen LogP contribution >= 0.6 is 11.3 Å². The first-order valence-electron chi connectivity index (χ1n) is 10.5.